The molecule has 0 spiro atoms. The van der Waals surface area contributed by atoms with Crippen molar-refractivity contribution < 1.29 is 9.59 Å². The molecule has 0 aromatic heterocycles. The van der Waals surface area contributed by atoms with Crippen molar-refractivity contribution in [2.24, 2.45) is 0 Å². The molecule has 3 nitrogen and oxygen atoms in total. The number of carbonyl (C=O) groups is 2. The lowest BCUT2D eigenvalue weighted by Crippen LogP contribution is -2.25. The highest BCUT2D eigenvalue weighted by Gasteiger charge is 2.07. The molecule has 0 aliphatic carbocycles. The second-order valence-corrected chi connectivity index (χ2v) is 2.49. The number of nitrogens with zero attached hydrogens (tertiary/aromatic N) is 1. The van der Waals surface area contributed by atoms with Crippen molar-refractivity contribution >= 4 is 12.3 Å². The quantitative estimate of drug-likeness (QED) is 0.370. The molecule has 0 saturated heterocycles. The van der Waals surface area contributed by atoms with Crippen molar-refractivity contribution in [3.8, 4) is 0 Å². The summed E-state index contributed by atoms with van der Waals surface area (Å²) in [4.78, 5) is 22.5. The second-order valence-electron chi connectivity index (χ2n) is 2.49. The molecule has 13 heavy (non-hydrogen) atoms. The Kier molecular flexibility index (Phi) is 5.19. The molecule has 0 bridgehead atoms. The van der Waals surface area contributed by atoms with Crippen LogP contribution in [0.15, 0.2) is 36.5 Å². The smallest absolute Gasteiger partial charge is 0.255 e. The zero-order chi connectivity index (χ0) is 10.3. The summed E-state index contributed by atoms with van der Waals surface area (Å²) in [6, 6.07) is 0. The van der Waals surface area contributed by atoms with E-state index in [1.54, 1.807) is 31.2 Å². The van der Waals surface area contributed by atoms with E-state index in [4.69, 9.17) is 0 Å². The minimum atomic E-state index is -0.302. The fraction of sp³-hybridized carbons (Fsp3) is 0.200. The maximum Gasteiger partial charge on any atom is 0.255 e. The molecule has 0 N–H and O–H groups in total. The summed E-state index contributed by atoms with van der Waals surface area (Å²) in [5, 5.41) is 0. The molecule has 2 amide bonds. The largest absolute Gasteiger partial charge is 0.285 e. The number of carbonyl (C=O) groups excluding carboxylic acids is 2. The molecule has 0 heterocycles. The first-order valence-electron chi connectivity index (χ1n) is 3.82. The second kappa shape index (κ2) is 5.94. The highest BCUT2D eigenvalue weighted by molar-refractivity contribution is 5.98. The van der Waals surface area contributed by atoms with Gasteiger partial charge in [-0.25, -0.2) is 0 Å². The summed E-state index contributed by atoms with van der Waals surface area (Å²) in [6.07, 6.45) is 7.12. The number of rotatable bonds is 4. The van der Waals surface area contributed by atoms with Gasteiger partial charge in [0.15, 0.2) is 0 Å². The van der Waals surface area contributed by atoms with Gasteiger partial charge in [0.2, 0.25) is 6.41 Å². The van der Waals surface area contributed by atoms with E-state index in [0.29, 0.717) is 12.0 Å². The zero-order valence-electron chi connectivity index (χ0n) is 7.86. The highest BCUT2D eigenvalue weighted by Crippen LogP contribution is 1.97. The standard InChI is InChI=1S/C10H13NO2/c1-4-5-6-7-9(2)10(13)11(3)8-12/h4-8H,1H2,2-3H3/b6-5-,9-7+. The van der Waals surface area contributed by atoms with Gasteiger partial charge in [-0.3, -0.25) is 14.5 Å². The van der Waals surface area contributed by atoms with E-state index in [1.807, 2.05) is 0 Å². The maximum absolute atomic E-state index is 11.2. The lowest BCUT2D eigenvalue weighted by molar-refractivity contribution is -0.133. The Balaban J connectivity index is 4.40. The van der Waals surface area contributed by atoms with Gasteiger partial charge in [0.1, 0.15) is 0 Å². The third-order valence-electron chi connectivity index (χ3n) is 1.41. The van der Waals surface area contributed by atoms with E-state index in [-0.39, 0.29) is 5.91 Å². The maximum atomic E-state index is 11.2. The van der Waals surface area contributed by atoms with Crippen LogP contribution in [0.1, 0.15) is 6.92 Å². The Labute approximate surface area is 78.0 Å². The first-order chi connectivity index (χ1) is 6.13. The van der Waals surface area contributed by atoms with Crippen LogP contribution in [0.3, 0.4) is 0 Å². The number of likely N-dealkylation sites (N-methyl/N-ethyl adjacent to an activating group) is 1. The van der Waals surface area contributed by atoms with Gasteiger partial charge in [0.05, 0.1) is 0 Å². The molecule has 70 valence electrons. The Hall–Kier alpha value is -1.64. The number of allylic oxidation sites excluding steroid dienone is 4. The number of amides is 2. The van der Waals surface area contributed by atoms with Gasteiger partial charge >= 0.3 is 0 Å². The summed E-state index contributed by atoms with van der Waals surface area (Å²) >= 11 is 0. The van der Waals surface area contributed by atoms with Crippen LogP contribution in [-0.4, -0.2) is 24.3 Å². The predicted octanol–water partition coefficient (Wildman–Crippen LogP) is 1.29. The topological polar surface area (TPSA) is 37.4 Å². The number of hydrogen-bond donors (Lipinski definition) is 0. The van der Waals surface area contributed by atoms with E-state index in [9.17, 15) is 9.59 Å². The van der Waals surface area contributed by atoms with Crippen molar-refractivity contribution in [2.45, 2.75) is 6.92 Å². The fourth-order valence-electron chi connectivity index (χ4n) is 0.676. The van der Waals surface area contributed by atoms with Gasteiger partial charge in [0.25, 0.3) is 5.91 Å². The third kappa shape index (κ3) is 4.06. The van der Waals surface area contributed by atoms with Crippen molar-refractivity contribution in [1.82, 2.24) is 4.90 Å². The van der Waals surface area contributed by atoms with Gasteiger partial charge in [-0.1, -0.05) is 30.9 Å². The van der Waals surface area contributed by atoms with Crippen LogP contribution >= 0.6 is 0 Å². The molecule has 0 aliphatic heterocycles. The lowest BCUT2D eigenvalue weighted by atomic mass is 10.2. The fourth-order valence-corrected chi connectivity index (χ4v) is 0.676. The predicted molar refractivity (Wildman–Crippen MR) is 51.9 cm³/mol. The van der Waals surface area contributed by atoms with Gasteiger partial charge in [-0.05, 0) is 6.92 Å². The first kappa shape index (κ1) is 11.4. The molecule has 0 saturated carbocycles. The van der Waals surface area contributed by atoms with Gasteiger partial charge in [0, 0.05) is 12.6 Å². The number of hydrogen-bond acceptors (Lipinski definition) is 2. The summed E-state index contributed by atoms with van der Waals surface area (Å²) < 4.78 is 0. The molecule has 0 atom stereocenters. The summed E-state index contributed by atoms with van der Waals surface area (Å²) in [6.45, 7) is 5.13. The minimum absolute atomic E-state index is 0.302. The SMILES string of the molecule is C=C/C=C\C=C(/C)C(=O)N(C)C=O. The summed E-state index contributed by atoms with van der Waals surface area (Å²) in [5.41, 5.74) is 0.507. The highest BCUT2D eigenvalue weighted by atomic mass is 16.2. The molecule has 0 fully saturated rings. The summed E-state index contributed by atoms with van der Waals surface area (Å²) in [5.74, 6) is -0.302. The summed E-state index contributed by atoms with van der Waals surface area (Å²) in [7, 11) is 1.42. The average Bonchev–Trinajstić information content (AvgIpc) is 2.15. The van der Waals surface area contributed by atoms with Gasteiger partial charge in [-0.15, -0.1) is 0 Å². The van der Waals surface area contributed by atoms with E-state index >= 15 is 0 Å². The molecular weight excluding hydrogens is 166 g/mol. The molecule has 0 unspecified atom stereocenters. The average molecular weight is 179 g/mol. The van der Waals surface area contributed by atoms with Crippen LogP contribution in [0, 0.1) is 0 Å². The van der Waals surface area contributed by atoms with Crippen molar-refractivity contribution in [2.75, 3.05) is 7.05 Å². The Morgan fingerprint density at radius 2 is 2.00 bits per heavy atom. The number of imide groups is 1. The minimum Gasteiger partial charge on any atom is -0.285 e. The van der Waals surface area contributed by atoms with Gasteiger partial charge in [-0.2, -0.15) is 0 Å². The Morgan fingerprint density at radius 1 is 1.38 bits per heavy atom. The van der Waals surface area contributed by atoms with Crippen molar-refractivity contribution in [3.63, 3.8) is 0 Å². The van der Waals surface area contributed by atoms with E-state index in [2.05, 4.69) is 6.58 Å². The molecule has 0 aromatic rings. The molecule has 3 heteroatoms. The van der Waals surface area contributed by atoms with Crippen LogP contribution in [0.2, 0.25) is 0 Å². The van der Waals surface area contributed by atoms with Crippen molar-refractivity contribution in [1.29, 1.82) is 0 Å². The molecule has 0 radical (unpaired) electrons. The van der Waals surface area contributed by atoms with Crippen LogP contribution in [-0.2, 0) is 9.59 Å². The molecular formula is C10H13NO2. The first-order valence-corrected chi connectivity index (χ1v) is 3.82. The van der Waals surface area contributed by atoms with E-state index in [1.165, 1.54) is 7.05 Å². The van der Waals surface area contributed by atoms with E-state index < -0.39 is 0 Å². The van der Waals surface area contributed by atoms with Crippen LogP contribution < -0.4 is 0 Å². The van der Waals surface area contributed by atoms with Crippen LogP contribution in [0.4, 0.5) is 0 Å². The molecule has 0 rings (SSSR count). The monoisotopic (exact) mass is 179 g/mol. The van der Waals surface area contributed by atoms with Crippen LogP contribution in [0.25, 0.3) is 0 Å². The van der Waals surface area contributed by atoms with E-state index in [0.717, 1.165) is 4.90 Å². The van der Waals surface area contributed by atoms with Crippen molar-refractivity contribution in [3.05, 3.63) is 36.5 Å². The zero-order valence-corrected chi connectivity index (χ0v) is 7.86. The Morgan fingerprint density at radius 3 is 2.46 bits per heavy atom. The molecule has 0 aliphatic rings. The normalized spacial score (nSPS) is 11.4. The molecule has 0 aromatic carbocycles. The third-order valence-corrected chi connectivity index (χ3v) is 1.41. The van der Waals surface area contributed by atoms with Crippen LogP contribution in [0.5, 0.6) is 0 Å². The Bertz CT molecular complexity index is 264. The van der Waals surface area contributed by atoms with Gasteiger partial charge < -0.3 is 0 Å². The lowest BCUT2D eigenvalue weighted by Gasteiger charge is -2.07.